The highest BCUT2D eigenvalue weighted by Gasteiger charge is 2.49. The summed E-state index contributed by atoms with van der Waals surface area (Å²) in [5, 5.41) is 9.56. The van der Waals surface area contributed by atoms with E-state index in [9.17, 15) is 5.11 Å². The first-order chi connectivity index (χ1) is 7.81. The first-order valence-electron chi connectivity index (χ1n) is 6.11. The fraction of sp³-hybridized carbons (Fsp3) is 0.692. The fourth-order valence-electron chi connectivity index (χ4n) is 3.09. The van der Waals surface area contributed by atoms with Crippen LogP contribution in [-0.2, 0) is 10.2 Å². The lowest BCUT2D eigenvalue weighted by atomic mass is 9.65. The summed E-state index contributed by atoms with van der Waals surface area (Å²) >= 11 is 0. The van der Waals surface area contributed by atoms with E-state index >= 15 is 0 Å². The maximum absolute atomic E-state index is 9.56. The van der Waals surface area contributed by atoms with Crippen LogP contribution >= 0.6 is 0 Å². The summed E-state index contributed by atoms with van der Waals surface area (Å²) in [5.74, 6) is 1.68. The molecular formula is C13H18O3. The molecule has 1 aliphatic heterocycles. The van der Waals surface area contributed by atoms with Crippen molar-refractivity contribution in [1.82, 2.24) is 0 Å². The molecule has 2 aliphatic rings. The lowest BCUT2D eigenvalue weighted by Gasteiger charge is -2.47. The Hall–Kier alpha value is -0.800. The van der Waals surface area contributed by atoms with Crippen LogP contribution in [0.2, 0.25) is 0 Å². The Bertz CT molecular complexity index is 332. The number of ether oxygens (including phenoxy) is 1. The molecule has 0 radical (unpaired) electrons. The second-order valence-corrected chi connectivity index (χ2v) is 5.13. The van der Waals surface area contributed by atoms with E-state index in [4.69, 9.17) is 9.15 Å². The Balaban J connectivity index is 1.80. The first kappa shape index (κ1) is 10.4. The fourth-order valence-corrected chi connectivity index (χ4v) is 3.09. The molecule has 0 amide bonds. The van der Waals surface area contributed by atoms with E-state index in [1.165, 1.54) is 0 Å². The minimum absolute atomic E-state index is 0.0918. The van der Waals surface area contributed by atoms with Gasteiger partial charge in [-0.2, -0.15) is 0 Å². The van der Waals surface area contributed by atoms with Gasteiger partial charge in [0.15, 0.2) is 0 Å². The number of aliphatic hydroxyl groups is 1. The van der Waals surface area contributed by atoms with Crippen molar-refractivity contribution in [2.45, 2.75) is 37.2 Å². The van der Waals surface area contributed by atoms with Crippen LogP contribution in [0.3, 0.4) is 0 Å². The summed E-state index contributed by atoms with van der Waals surface area (Å²) < 4.78 is 11.0. The molecule has 1 saturated heterocycles. The number of hydrogen-bond acceptors (Lipinski definition) is 3. The van der Waals surface area contributed by atoms with E-state index in [0.717, 1.165) is 44.7 Å². The van der Waals surface area contributed by atoms with Crippen LogP contribution in [0.25, 0.3) is 0 Å². The zero-order valence-corrected chi connectivity index (χ0v) is 9.39. The van der Waals surface area contributed by atoms with Crippen molar-refractivity contribution in [3.63, 3.8) is 0 Å². The lowest BCUT2D eigenvalue weighted by Crippen LogP contribution is -2.53. The minimum atomic E-state index is -0.0918. The van der Waals surface area contributed by atoms with Crippen LogP contribution in [0.5, 0.6) is 0 Å². The van der Waals surface area contributed by atoms with E-state index in [1.54, 1.807) is 6.26 Å². The molecular weight excluding hydrogens is 204 g/mol. The average Bonchev–Trinajstić information content (AvgIpc) is 2.73. The molecule has 0 unspecified atom stereocenters. The monoisotopic (exact) mass is 222 g/mol. The third-order valence-corrected chi connectivity index (χ3v) is 4.21. The van der Waals surface area contributed by atoms with Crippen LogP contribution in [0.15, 0.2) is 22.8 Å². The molecule has 3 rings (SSSR count). The number of hydrogen-bond donors (Lipinski definition) is 1. The summed E-state index contributed by atoms with van der Waals surface area (Å²) in [5.41, 5.74) is 0.101. The van der Waals surface area contributed by atoms with Gasteiger partial charge >= 0.3 is 0 Å². The molecule has 2 heterocycles. The lowest BCUT2D eigenvalue weighted by molar-refractivity contribution is -0.112. The molecule has 88 valence electrons. The Morgan fingerprint density at radius 2 is 1.94 bits per heavy atom. The van der Waals surface area contributed by atoms with Gasteiger partial charge in [-0.3, -0.25) is 0 Å². The standard InChI is InChI=1S/C13H18O3/c14-11-5-3-10(4-6-11)13(8-15-9-13)12-2-1-7-16-12/h1-2,7,10-11,14H,3-6,8-9H2. The van der Waals surface area contributed by atoms with Gasteiger partial charge in [0.25, 0.3) is 0 Å². The van der Waals surface area contributed by atoms with E-state index in [1.807, 2.05) is 6.07 Å². The van der Waals surface area contributed by atoms with Crippen molar-refractivity contribution in [1.29, 1.82) is 0 Å². The smallest absolute Gasteiger partial charge is 0.114 e. The van der Waals surface area contributed by atoms with Crippen LogP contribution in [0.4, 0.5) is 0 Å². The van der Waals surface area contributed by atoms with Crippen molar-refractivity contribution < 1.29 is 14.3 Å². The third kappa shape index (κ3) is 1.50. The van der Waals surface area contributed by atoms with Crippen molar-refractivity contribution in [3.8, 4) is 0 Å². The van der Waals surface area contributed by atoms with Crippen LogP contribution in [0.1, 0.15) is 31.4 Å². The predicted octanol–water partition coefficient (Wildman–Crippen LogP) is 2.10. The maximum atomic E-state index is 9.56. The summed E-state index contributed by atoms with van der Waals surface area (Å²) in [6.45, 7) is 1.56. The topological polar surface area (TPSA) is 42.6 Å². The maximum Gasteiger partial charge on any atom is 0.114 e. The van der Waals surface area contributed by atoms with Gasteiger partial charge in [-0.1, -0.05) is 0 Å². The second kappa shape index (κ2) is 3.90. The molecule has 0 atom stereocenters. The molecule has 1 aromatic rings. The van der Waals surface area contributed by atoms with E-state index in [2.05, 4.69) is 6.07 Å². The molecule has 0 bridgehead atoms. The first-order valence-corrected chi connectivity index (χ1v) is 6.11. The summed E-state index contributed by atoms with van der Waals surface area (Å²) in [6.07, 6.45) is 5.68. The molecule has 1 saturated carbocycles. The van der Waals surface area contributed by atoms with Gasteiger partial charge < -0.3 is 14.3 Å². The Labute approximate surface area is 95.4 Å². The quantitative estimate of drug-likeness (QED) is 0.833. The van der Waals surface area contributed by atoms with E-state index in [-0.39, 0.29) is 11.5 Å². The Kier molecular flexibility index (Phi) is 2.52. The van der Waals surface area contributed by atoms with Crippen LogP contribution < -0.4 is 0 Å². The van der Waals surface area contributed by atoms with Crippen molar-refractivity contribution >= 4 is 0 Å². The predicted molar refractivity (Wildman–Crippen MR) is 59.2 cm³/mol. The summed E-state index contributed by atoms with van der Waals surface area (Å²) in [6, 6.07) is 4.01. The van der Waals surface area contributed by atoms with Gasteiger partial charge in [0.05, 0.1) is 31.0 Å². The zero-order chi connectivity index (χ0) is 11.0. The van der Waals surface area contributed by atoms with Gasteiger partial charge in [-0.15, -0.1) is 0 Å². The number of aliphatic hydroxyl groups excluding tert-OH is 1. The van der Waals surface area contributed by atoms with Crippen LogP contribution in [0, 0.1) is 5.92 Å². The van der Waals surface area contributed by atoms with E-state index < -0.39 is 0 Å². The molecule has 1 aromatic heterocycles. The van der Waals surface area contributed by atoms with Crippen molar-refractivity contribution in [3.05, 3.63) is 24.2 Å². The molecule has 0 spiro atoms. The summed E-state index contributed by atoms with van der Waals surface area (Å²) in [4.78, 5) is 0. The SMILES string of the molecule is OC1CCC(C2(c3ccco3)COC2)CC1. The highest BCUT2D eigenvalue weighted by atomic mass is 16.5. The average molecular weight is 222 g/mol. The Morgan fingerprint density at radius 1 is 1.19 bits per heavy atom. The van der Waals surface area contributed by atoms with Gasteiger partial charge in [0.1, 0.15) is 5.76 Å². The van der Waals surface area contributed by atoms with Gasteiger partial charge in [-0.25, -0.2) is 0 Å². The Morgan fingerprint density at radius 3 is 2.44 bits per heavy atom. The minimum Gasteiger partial charge on any atom is -0.469 e. The van der Waals surface area contributed by atoms with Crippen LogP contribution in [-0.4, -0.2) is 24.4 Å². The molecule has 3 heteroatoms. The molecule has 16 heavy (non-hydrogen) atoms. The largest absolute Gasteiger partial charge is 0.469 e. The molecule has 3 nitrogen and oxygen atoms in total. The summed E-state index contributed by atoms with van der Waals surface area (Å²) in [7, 11) is 0. The highest BCUT2D eigenvalue weighted by Crippen LogP contribution is 2.46. The number of furan rings is 1. The van der Waals surface area contributed by atoms with Gasteiger partial charge in [0.2, 0.25) is 0 Å². The molecule has 1 N–H and O–H groups in total. The molecule has 1 aliphatic carbocycles. The van der Waals surface area contributed by atoms with Crippen molar-refractivity contribution in [2.75, 3.05) is 13.2 Å². The van der Waals surface area contributed by atoms with Gasteiger partial charge in [0, 0.05) is 0 Å². The third-order valence-electron chi connectivity index (χ3n) is 4.21. The van der Waals surface area contributed by atoms with E-state index in [0.29, 0.717) is 5.92 Å². The zero-order valence-electron chi connectivity index (χ0n) is 9.39. The highest BCUT2D eigenvalue weighted by molar-refractivity contribution is 5.20. The molecule has 0 aromatic carbocycles. The molecule has 2 fully saturated rings. The normalized spacial score (nSPS) is 33.3. The van der Waals surface area contributed by atoms with Gasteiger partial charge in [-0.05, 0) is 43.7 Å². The number of rotatable bonds is 2. The second-order valence-electron chi connectivity index (χ2n) is 5.13. The van der Waals surface area contributed by atoms with Crippen molar-refractivity contribution in [2.24, 2.45) is 5.92 Å².